The molecule has 1 rings (SSSR count). The van der Waals surface area contributed by atoms with Gasteiger partial charge in [0.15, 0.2) is 5.13 Å². The number of hydrogen-bond donors (Lipinski definition) is 2. The van der Waals surface area contributed by atoms with E-state index in [-0.39, 0.29) is 6.54 Å². The van der Waals surface area contributed by atoms with Crippen LogP contribution in [0.4, 0.5) is 5.13 Å². The Balaban J connectivity index is 2.77. The van der Waals surface area contributed by atoms with Crippen molar-refractivity contribution in [3.05, 3.63) is 11.1 Å². The van der Waals surface area contributed by atoms with Crippen molar-refractivity contribution in [2.24, 2.45) is 5.73 Å². The van der Waals surface area contributed by atoms with E-state index < -0.39 is 6.10 Å². The maximum absolute atomic E-state index is 9.35. The van der Waals surface area contributed by atoms with E-state index in [1.54, 1.807) is 6.20 Å². The summed E-state index contributed by atoms with van der Waals surface area (Å²) >= 11 is 1.46. The van der Waals surface area contributed by atoms with E-state index in [2.05, 4.69) is 4.98 Å². The molecule has 0 saturated heterocycles. The molecular formula is C7H13N3OS. The van der Waals surface area contributed by atoms with Gasteiger partial charge in [-0.3, -0.25) is 0 Å². The van der Waals surface area contributed by atoms with Crippen LogP contribution in [0.2, 0.25) is 0 Å². The fourth-order valence-electron chi connectivity index (χ4n) is 0.754. The number of hydrogen-bond acceptors (Lipinski definition) is 5. The zero-order valence-electron chi connectivity index (χ0n) is 7.19. The maximum Gasteiger partial charge on any atom is 0.185 e. The molecule has 0 aliphatic rings. The third-order valence-corrected chi connectivity index (χ3v) is 2.71. The van der Waals surface area contributed by atoms with E-state index >= 15 is 0 Å². The lowest BCUT2D eigenvalue weighted by molar-refractivity contribution is 0.190. The van der Waals surface area contributed by atoms with Gasteiger partial charge < -0.3 is 15.7 Å². The molecule has 1 heterocycles. The molecule has 0 spiro atoms. The second-order valence-corrected chi connectivity index (χ2v) is 3.73. The van der Waals surface area contributed by atoms with Crippen molar-refractivity contribution < 1.29 is 5.11 Å². The minimum absolute atomic E-state index is 0.245. The Morgan fingerprint density at radius 1 is 1.75 bits per heavy atom. The zero-order chi connectivity index (χ0) is 9.14. The van der Waals surface area contributed by atoms with Gasteiger partial charge in [0.05, 0.1) is 4.88 Å². The first-order valence-electron chi connectivity index (χ1n) is 3.66. The molecule has 0 radical (unpaired) electrons. The van der Waals surface area contributed by atoms with Crippen LogP contribution >= 0.6 is 11.3 Å². The van der Waals surface area contributed by atoms with Gasteiger partial charge >= 0.3 is 0 Å². The van der Waals surface area contributed by atoms with Gasteiger partial charge in [-0.2, -0.15) is 0 Å². The van der Waals surface area contributed by atoms with Crippen molar-refractivity contribution in [3.63, 3.8) is 0 Å². The molecule has 4 nitrogen and oxygen atoms in total. The van der Waals surface area contributed by atoms with Gasteiger partial charge in [0, 0.05) is 26.8 Å². The lowest BCUT2D eigenvalue weighted by atomic mass is 10.3. The van der Waals surface area contributed by atoms with E-state index in [9.17, 15) is 5.11 Å². The molecule has 0 fully saturated rings. The molecule has 0 aliphatic carbocycles. The minimum Gasteiger partial charge on any atom is -0.386 e. The first kappa shape index (κ1) is 9.44. The van der Waals surface area contributed by atoms with Crippen molar-refractivity contribution in [2.45, 2.75) is 6.10 Å². The van der Waals surface area contributed by atoms with E-state index in [0.717, 1.165) is 10.0 Å². The second-order valence-electron chi connectivity index (χ2n) is 2.69. The van der Waals surface area contributed by atoms with Gasteiger partial charge in [-0.25, -0.2) is 4.98 Å². The zero-order valence-corrected chi connectivity index (χ0v) is 8.01. The van der Waals surface area contributed by atoms with Crippen LogP contribution in [0.25, 0.3) is 0 Å². The summed E-state index contributed by atoms with van der Waals surface area (Å²) in [6.07, 6.45) is 1.09. The first-order chi connectivity index (χ1) is 5.65. The highest BCUT2D eigenvalue weighted by molar-refractivity contribution is 7.15. The number of nitrogens with two attached hydrogens (primary N) is 1. The summed E-state index contributed by atoms with van der Waals surface area (Å²) in [6, 6.07) is 0. The Labute approximate surface area is 75.6 Å². The SMILES string of the molecule is CN(C)c1ncc([C@H](O)CN)s1. The van der Waals surface area contributed by atoms with Crippen molar-refractivity contribution in [2.75, 3.05) is 25.5 Å². The molecule has 3 N–H and O–H groups in total. The third kappa shape index (κ3) is 1.94. The number of anilines is 1. The van der Waals surface area contributed by atoms with Gasteiger partial charge in [-0.1, -0.05) is 11.3 Å². The number of aromatic nitrogens is 1. The molecule has 12 heavy (non-hydrogen) atoms. The third-order valence-electron chi connectivity index (χ3n) is 1.45. The van der Waals surface area contributed by atoms with E-state index in [4.69, 9.17) is 5.73 Å². The minimum atomic E-state index is -0.573. The standard InChI is InChI=1S/C7H13N3OS/c1-10(2)7-9-4-6(12-7)5(11)3-8/h4-5,11H,3,8H2,1-2H3/t5-/m1/s1. The number of rotatable bonds is 3. The molecule has 0 amide bonds. The molecule has 5 heteroatoms. The van der Waals surface area contributed by atoms with Crippen LogP contribution in [-0.4, -0.2) is 30.7 Å². The molecule has 0 saturated carbocycles. The summed E-state index contributed by atoms with van der Waals surface area (Å²) < 4.78 is 0. The van der Waals surface area contributed by atoms with Crippen molar-refractivity contribution in [3.8, 4) is 0 Å². The summed E-state index contributed by atoms with van der Waals surface area (Å²) in [6.45, 7) is 0.245. The van der Waals surface area contributed by atoms with Crippen LogP contribution in [0.5, 0.6) is 0 Å². The lowest BCUT2D eigenvalue weighted by Gasteiger charge is -2.06. The summed E-state index contributed by atoms with van der Waals surface area (Å²) in [4.78, 5) is 6.83. The predicted octanol–water partition coefficient (Wildman–Crippen LogP) is 0.201. The number of aliphatic hydroxyl groups is 1. The highest BCUT2D eigenvalue weighted by atomic mass is 32.1. The van der Waals surface area contributed by atoms with E-state index in [1.807, 2.05) is 19.0 Å². The molecule has 1 aromatic rings. The molecule has 0 unspecified atom stereocenters. The Morgan fingerprint density at radius 3 is 2.83 bits per heavy atom. The Bertz CT molecular complexity index is 249. The summed E-state index contributed by atoms with van der Waals surface area (Å²) in [5.41, 5.74) is 5.30. The second kappa shape index (κ2) is 3.84. The Morgan fingerprint density at radius 2 is 2.42 bits per heavy atom. The quantitative estimate of drug-likeness (QED) is 0.709. The number of nitrogens with zero attached hydrogens (tertiary/aromatic N) is 2. The summed E-state index contributed by atoms with van der Waals surface area (Å²) in [5.74, 6) is 0. The summed E-state index contributed by atoms with van der Waals surface area (Å²) in [5, 5.41) is 10.2. The predicted molar refractivity (Wildman–Crippen MR) is 50.5 cm³/mol. The molecule has 0 aliphatic heterocycles. The number of aliphatic hydroxyl groups excluding tert-OH is 1. The van der Waals surface area contributed by atoms with E-state index in [1.165, 1.54) is 11.3 Å². The topological polar surface area (TPSA) is 62.4 Å². The van der Waals surface area contributed by atoms with Crippen molar-refractivity contribution >= 4 is 16.5 Å². The fourth-order valence-corrected chi connectivity index (χ4v) is 1.59. The van der Waals surface area contributed by atoms with Gasteiger partial charge in [0.25, 0.3) is 0 Å². The largest absolute Gasteiger partial charge is 0.386 e. The van der Waals surface area contributed by atoms with Crippen LogP contribution in [0.1, 0.15) is 11.0 Å². The lowest BCUT2D eigenvalue weighted by Crippen LogP contribution is -2.10. The molecule has 0 aromatic carbocycles. The highest BCUT2D eigenvalue weighted by Crippen LogP contribution is 2.24. The monoisotopic (exact) mass is 187 g/mol. The van der Waals surface area contributed by atoms with Crippen LogP contribution < -0.4 is 10.6 Å². The number of thiazole rings is 1. The van der Waals surface area contributed by atoms with Crippen LogP contribution in [0.3, 0.4) is 0 Å². The average Bonchev–Trinajstić information content (AvgIpc) is 2.51. The van der Waals surface area contributed by atoms with Crippen LogP contribution in [-0.2, 0) is 0 Å². The van der Waals surface area contributed by atoms with Gasteiger partial charge in [-0.05, 0) is 0 Å². The van der Waals surface area contributed by atoms with Gasteiger partial charge in [0.2, 0.25) is 0 Å². The first-order valence-corrected chi connectivity index (χ1v) is 4.48. The van der Waals surface area contributed by atoms with Crippen LogP contribution in [0, 0.1) is 0 Å². The fraction of sp³-hybridized carbons (Fsp3) is 0.571. The van der Waals surface area contributed by atoms with Crippen molar-refractivity contribution in [1.82, 2.24) is 4.98 Å². The average molecular weight is 187 g/mol. The maximum atomic E-state index is 9.35. The molecule has 1 atom stereocenters. The molecule has 1 aromatic heterocycles. The summed E-state index contributed by atoms with van der Waals surface area (Å²) in [7, 11) is 3.83. The molecular weight excluding hydrogens is 174 g/mol. The molecule has 0 bridgehead atoms. The van der Waals surface area contributed by atoms with Crippen molar-refractivity contribution in [1.29, 1.82) is 0 Å². The van der Waals surface area contributed by atoms with Gasteiger partial charge in [0.1, 0.15) is 6.10 Å². The Hall–Kier alpha value is -0.650. The van der Waals surface area contributed by atoms with E-state index in [0.29, 0.717) is 0 Å². The Kier molecular flexibility index (Phi) is 3.02. The van der Waals surface area contributed by atoms with Gasteiger partial charge in [-0.15, -0.1) is 0 Å². The van der Waals surface area contributed by atoms with Crippen LogP contribution in [0.15, 0.2) is 6.20 Å². The highest BCUT2D eigenvalue weighted by Gasteiger charge is 2.10. The normalized spacial score (nSPS) is 13.0. The molecule has 68 valence electrons. The smallest absolute Gasteiger partial charge is 0.185 e.